The molecule has 1 aromatic rings. The third-order valence-electron chi connectivity index (χ3n) is 5.18. The van der Waals surface area contributed by atoms with E-state index in [1.807, 2.05) is 4.90 Å². The number of piperazine rings is 1. The molecule has 2 aliphatic heterocycles. The second kappa shape index (κ2) is 6.34. The summed E-state index contributed by atoms with van der Waals surface area (Å²) in [6, 6.07) is 4.15. The van der Waals surface area contributed by atoms with Crippen LogP contribution in [0.5, 0.6) is 0 Å². The van der Waals surface area contributed by atoms with E-state index in [9.17, 15) is 4.79 Å². The largest absolute Gasteiger partial charge is 0.355 e. The van der Waals surface area contributed by atoms with Crippen molar-refractivity contribution >= 4 is 17.5 Å². The van der Waals surface area contributed by atoms with E-state index in [4.69, 9.17) is 0 Å². The Morgan fingerprint density at radius 2 is 1.48 bits per heavy atom. The first-order valence-electron chi connectivity index (χ1n) is 8.91. The molecule has 0 aromatic carbocycles. The minimum absolute atomic E-state index is 0.336. The van der Waals surface area contributed by atoms with E-state index in [1.54, 1.807) is 0 Å². The number of aromatic nitrogens is 2. The van der Waals surface area contributed by atoms with Crippen LogP contribution >= 0.6 is 0 Å². The third-order valence-corrected chi connectivity index (χ3v) is 5.18. The first kappa shape index (κ1) is 14.7. The van der Waals surface area contributed by atoms with Gasteiger partial charge < -0.3 is 14.7 Å². The van der Waals surface area contributed by atoms with Gasteiger partial charge in [0.05, 0.1) is 0 Å². The molecular formula is C17H25N5O. The van der Waals surface area contributed by atoms with Crippen molar-refractivity contribution < 1.29 is 4.79 Å². The molecule has 0 atom stereocenters. The van der Waals surface area contributed by atoms with Crippen molar-refractivity contribution in [3.05, 3.63) is 12.1 Å². The molecule has 6 nitrogen and oxygen atoms in total. The van der Waals surface area contributed by atoms with Crippen LogP contribution in [-0.2, 0) is 4.79 Å². The smallest absolute Gasteiger partial charge is 0.222 e. The first-order valence-corrected chi connectivity index (χ1v) is 8.91. The van der Waals surface area contributed by atoms with Gasteiger partial charge in [-0.2, -0.15) is 0 Å². The maximum absolute atomic E-state index is 12.2. The molecule has 0 unspecified atom stereocenters. The van der Waals surface area contributed by atoms with Gasteiger partial charge in [-0.3, -0.25) is 4.79 Å². The lowest BCUT2D eigenvalue weighted by molar-refractivity contribution is -0.131. The van der Waals surface area contributed by atoms with Crippen LogP contribution in [0.1, 0.15) is 32.1 Å². The van der Waals surface area contributed by atoms with Gasteiger partial charge in [0.2, 0.25) is 5.91 Å². The Balaban J connectivity index is 1.31. The van der Waals surface area contributed by atoms with Gasteiger partial charge in [0, 0.05) is 45.7 Å². The monoisotopic (exact) mass is 315 g/mol. The SMILES string of the molecule is O=C(CC1CC1)N1CCN(c2ccc(N3CCCC3)nn2)CC1. The number of nitrogens with zero attached hydrogens (tertiary/aromatic N) is 5. The zero-order chi connectivity index (χ0) is 15.6. The lowest BCUT2D eigenvalue weighted by atomic mass is 10.2. The average molecular weight is 315 g/mol. The fourth-order valence-corrected chi connectivity index (χ4v) is 3.48. The molecule has 3 fully saturated rings. The summed E-state index contributed by atoms with van der Waals surface area (Å²) in [6.45, 7) is 5.51. The van der Waals surface area contributed by atoms with Crippen LogP contribution in [0, 0.1) is 5.92 Å². The summed E-state index contributed by atoms with van der Waals surface area (Å²) >= 11 is 0. The van der Waals surface area contributed by atoms with E-state index in [1.165, 1.54) is 25.7 Å². The summed E-state index contributed by atoms with van der Waals surface area (Å²) in [5, 5.41) is 8.80. The molecule has 4 rings (SSSR count). The van der Waals surface area contributed by atoms with Gasteiger partial charge >= 0.3 is 0 Å². The molecule has 124 valence electrons. The number of hydrogen-bond donors (Lipinski definition) is 0. The van der Waals surface area contributed by atoms with E-state index in [0.717, 1.165) is 57.3 Å². The molecule has 23 heavy (non-hydrogen) atoms. The molecule has 3 aliphatic rings. The Morgan fingerprint density at radius 1 is 0.913 bits per heavy atom. The van der Waals surface area contributed by atoms with Crippen molar-refractivity contribution in [1.82, 2.24) is 15.1 Å². The second-order valence-electron chi connectivity index (χ2n) is 6.96. The van der Waals surface area contributed by atoms with Crippen LogP contribution in [0.15, 0.2) is 12.1 Å². The van der Waals surface area contributed by atoms with Crippen LogP contribution in [0.4, 0.5) is 11.6 Å². The number of rotatable bonds is 4. The van der Waals surface area contributed by atoms with Crippen molar-refractivity contribution in [2.45, 2.75) is 32.1 Å². The summed E-state index contributed by atoms with van der Waals surface area (Å²) in [7, 11) is 0. The van der Waals surface area contributed by atoms with E-state index in [2.05, 4.69) is 32.1 Å². The molecule has 0 bridgehead atoms. The van der Waals surface area contributed by atoms with Crippen molar-refractivity contribution in [2.24, 2.45) is 5.92 Å². The minimum Gasteiger partial charge on any atom is -0.355 e. The van der Waals surface area contributed by atoms with Crippen molar-refractivity contribution in [2.75, 3.05) is 49.1 Å². The molecule has 3 heterocycles. The molecule has 1 saturated carbocycles. The normalized spacial score (nSPS) is 21.8. The predicted molar refractivity (Wildman–Crippen MR) is 89.6 cm³/mol. The highest BCUT2D eigenvalue weighted by Gasteiger charge is 2.29. The Labute approximate surface area is 137 Å². The number of carbonyl (C=O) groups excluding carboxylic acids is 1. The van der Waals surface area contributed by atoms with Crippen molar-refractivity contribution in [3.63, 3.8) is 0 Å². The van der Waals surface area contributed by atoms with E-state index in [-0.39, 0.29) is 0 Å². The summed E-state index contributed by atoms with van der Waals surface area (Å²) in [5.74, 6) is 2.93. The quantitative estimate of drug-likeness (QED) is 0.843. The number of amides is 1. The zero-order valence-electron chi connectivity index (χ0n) is 13.7. The molecule has 6 heteroatoms. The van der Waals surface area contributed by atoms with Gasteiger partial charge in [-0.1, -0.05) is 0 Å². The van der Waals surface area contributed by atoms with Crippen LogP contribution in [0.3, 0.4) is 0 Å². The summed E-state index contributed by atoms with van der Waals surface area (Å²) in [4.78, 5) is 18.7. The van der Waals surface area contributed by atoms with Gasteiger partial charge in [-0.05, 0) is 43.7 Å². The minimum atomic E-state index is 0.336. The topological polar surface area (TPSA) is 52.6 Å². The Hall–Kier alpha value is -1.85. The summed E-state index contributed by atoms with van der Waals surface area (Å²) < 4.78 is 0. The first-order chi connectivity index (χ1) is 11.3. The molecule has 1 aliphatic carbocycles. The molecule has 0 spiro atoms. The van der Waals surface area contributed by atoms with Crippen LogP contribution in [0.25, 0.3) is 0 Å². The highest BCUT2D eigenvalue weighted by atomic mass is 16.2. The Morgan fingerprint density at radius 3 is 2.00 bits per heavy atom. The van der Waals surface area contributed by atoms with Crippen LogP contribution < -0.4 is 9.80 Å². The van der Waals surface area contributed by atoms with Crippen molar-refractivity contribution in [1.29, 1.82) is 0 Å². The average Bonchev–Trinajstić information content (AvgIpc) is 3.24. The lowest BCUT2D eigenvalue weighted by Gasteiger charge is -2.35. The zero-order valence-corrected chi connectivity index (χ0v) is 13.7. The highest BCUT2D eigenvalue weighted by Crippen LogP contribution is 2.33. The van der Waals surface area contributed by atoms with Gasteiger partial charge in [-0.25, -0.2) is 0 Å². The lowest BCUT2D eigenvalue weighted by Crippen LogP contribution is -2.49. The number of carbonyl (C=O) groups is 1. The summed E-state index contributed by atoms with van der Waals surface area (Å²) in [5.41, 5.74) is 0. The van der Waals surface area contributed by atoms with Gasteiger partial charge in [-0.15, -0.1) is 10.2 Å². The van der Waals surface area contributed by atoms with Gasteiger partial charge in [0.15, 0.2) is 11.6 Å². The maximum Gasteiger partial charge on any atom is 0.222 e. The highest BCUT2D eigenvalue weighted by molar-refractivity contribution is 5.77. The van der Waals surface area contributed by atoms with Gasteiger partial charge in [0.25, 0.3) is 0 Å². The fourth-order valence-electron chi connectivity index (χ4n) is 3.48. The summed E-state index contributed by atoms with van der Waals surface area (Å²) in [6.07, 6.45) is 5.74. The van der Waals surface area contributed by atoms with E-state index in [0.29, 0.717) is 11.8 Å². The molecule has 2 saturated heterocycles. The molecular weight excluding hydrogens is 290 g/mol. The number of anilines is 2. The molecule has 0 radical (unpaired) electrons. The molecule has 1 amide bonds. The predicted octanol–water partition coefficient (Wildman–Crippen LogP) is 1.53. The Bertz CT molecular complexity index is 543. The molecule has 1 aromatic heterocycles. The van der Waals surface area contributed by atoms with Crippen LogP contribution in [0.2, 0.25) is 0 Å². The van der Waals surface area contributed by atoms with E-state index >= 15 is 0 Å². The van der Waals surface area contributed by atoms with E-state index < -0.39 is 0 Å². The molecule has 0 N–H and O–H groups in total. The Kier molecular flexibility index (Phi) is 4.06. The van der Waals surface area contributed by atoms with Crippen LogP contribution in [-0.4, -0.2) is 60.3 Å². The maximum atomic E-state index is 12.2. The third kappa shape index (κ3) is 3.41. The van der Waals surface area contributed by atoms with Gasteiger partial charge in [0.1, 0.15) is 0 Å². The standard InChI is InChI=1S/C17H25N5O/c23-17(13-14-3-4-14)22-11-9-21(10-12-22)16-6-5-15(18-19-16)20-7-1-2-8-20/h5-6,14H,1-4,7-13H2. The second-order valence-corrected chi connectivity index (χ2v) is 6.96. The van der Waals surface area contributed by atoms with Crippen molar-refractivity contribution in [3.8, 4) is 0 Å². The number of hydrogen-bond acceptors (Lipinski definition) is 5. The fraction of sp³-hybridized carbons (Fsp3) is 0.706.